The average Bonchev–Trinajstić information content (AvgIpc) is 2.29. The third kappa shape index (κ3) is 3.76. The van der Waals surface area contributed by atoms with Gasteiger partial charge in [-0.1, -0.05) is 17.3 Å². The van der Waals surface area contributed by atoms with Gasteiger partial charge in [-0.05, 0) is 24.1 Å². The van der Waals surface area contributed by atoms with Crippen LogP contribution in [-0.2, 0) is 11.3 Å². The van der Waals surface area contributed by atoms with Gasteiger partial charge in [0.2, 0.25) is 5.91 Å². The standard InChI is InChI=1S/C11H16N4O2/c1-7-4-8(11(13)15-17)2-3-9(7)5-14-6-10(12)16/h2-4,14,17H,5-6H2,1H3,(H2,12,16)(H2,13,15). The summed E-state index contributed by atoms with van der Waals surface area (Å²) in [5, 5.41) is 14.4. The molecule has 6 N–H and O–H groups in total. The number of hydrogen-bond donors (Lipinski definition) is 4. The number of hydrogen-bond acceptors (Lipinski definition) is 4. The monoisotopic (exact) mass is 236 g/mol. The van der Waals surface area contributed by atoms with Crippen LogP contribution in [0.5, 0.6) is 0 Å². The van der Waals surface area contributed by atoms with Crippen molar-refractivity contribution in [3.63, 3.8) is 0 Å². The van der Waals surface area contributed by atoms with E-state index in [1.54, 1.807) is 6.07 Å². The van der Waals surface area contributed by atoms with Gasteiger partial charge >= 0.3 is 0 Å². The summed E-state index contributed by atoms with van der Waals surface area (Å²) < 4.78 is 0. The molecule has 0 radical (unpaired) electrons. The van der Waals surface area contributed by atoms with Crippen LogP contribution in [0.1, 0.15) is 16.7 Å². The van der Waals surface area contributed by atoms with Gasteiger partial charge in [-0.15, -0.1) is 0 Å². The molecule has 0 aliphatic heterocycles. The van der Waals surface area contributed by atoms with Gasteiger partial charge in [0.25, 0.3) is 0 Å². The number of rotatable bonds is 5. The summed E-state index contributed by atoms with van der Waals surface area (Å²) in [6.07, 6.45) is 0. The minimum Gasteiger partial charge on any atom is -0.409 e. The molecular weight excluding hydrogens is 220 g/mol. The first-order valence-corrected chi connectivity index (χ1v) is 5.11. The number of primary amides is 1. The van der Waals surface area contributed by atoms with Gasteiger partial charge < -0.3 is 22.0 Å². The van der Waals surface area contributed by atoms with Crippen LogP contribution in [-0.4, -0.2) is 23.5 Å². The van der Waals surface area contributed by atoms with E-state index in [2.05, 4.69) is 10.5 Å². The summed E-state index contributed by atoms with van der Waals surface area (Å²) in [6, 6.07) is 5.43. The lowest BCUT2D eigenvalue weighted by Crippen LogP contribution is -2.28. The van der Waals surface area contributed by atoms with Crippen molar-refractivity contribution in [1.29, 1.82) is 0 Å². The zero-order valence-corrected chi connectivity index (χ0v) is 9.60. The van der Waals surface area contributed by atoms with E-state index in [-0.39, 0.29) is 12.4 Å². The number of aryl methyl sites for hydroxylation is 1. The van der Waals surface area contributed by atoms with Gasteiger partial charge in [-0.25, -0.2) is 0 Å². The van der Waals surface area contributed by atoms with Crippen molar-refractivity contribution >= 4 is 11.7 Å². The highest BCUT2D eigenvalue weighted by molar-refractivity contribution is 5.97. The van der Waals surface area contributed by atoms with E-state index in [1.807, 2.05) is 19.1 Å². The number of oxime groups is 1. The maximum atomic E-state index is 10.6. The second kappa shape index (κ2) is 5.86. The number of carbonyl (C=O) groups is 1. The molecule has 1 aromatic rings. The molecule has 0 aliphatic carbocycles. The fraction of sp³-hybridized carbons (Fsp3) is 0.273. The Hall–Kier alpha value is -2.08. The van der Waals surface area contributed by atoms with E-state index in [0.29, 0.717) is 12.1 Å². The Morgan fingerprint density at radius 2 is 2.18 bits per heavy atom. The summed E-state index contributed by atoms with van der Waals surface area (Å²) in [5.74, 6) is -0.319. The first kappa shape index (κ1) is 13.0. The molecule has 0 saturated carbocycles. The van der Waals surface area contributed by atoms with Crippen LogP contribution in [0.4, 0.5) is 0 Å². The van der Waals surface area contributed by atoms with Crippen LogP contribution < -0.4 is 16.8 Å². The fourth-order valence-electron chi connectivity index (χ4n) is 1.43. The van der Waals surface area contributed by atoms with Gasteiger partial charge in [-0.3, -0.25) is 4.79 Å². The number of amidine groups is 1. The van der Waals surface area contributed by atoms with E-state index in [0.717, 1.165) is 11.1 Å². The highest BCUT2D eigenvalue weighted by Crippen LogP contribution is 2.10. The minimum atomic E-state index is -0.393. The number of nitrogens with zero attached hydrogens (tertiary/aromatic N) is 1. The first-order valence-electron chi connectivity index (χ1n) is 5.11. The summed E-state index contributed by atoms with van der Waals surface area (Å²) in [4.78, 5) is 10.6. The third-order valence-electron chi connectivity index (χ3n) is 2.36. The molecule has 1 rings (SSSR count). The highest BCUT2D eigenvalue weighted by atomic mass is 16.4. The maximum Gasteiger partial charge on any atom is 0.231 e. The SMILES string of the molecule is Cc1cc(/C(N)=N/O)ccc1CNCC(N)=O. The molecule has 0 unspecified atom stereocenters. The Morgan fingerprint density at radius 3 is 2.71 bits per heavy atom. The predicted molar refractivity (Wildman–Crippen MR) is 64.6 cm³/mol. The van der Waals surface area contributed by atoms with E-state index in [9.17, 15) is 4.79 Å². The van der Waals surface area contributed by atoms with Crippen LogP contribution in [0.2, 0.25) is 0 Å². The van der Waals surface area contributed by atoms with Crippen molar-refractivity contribution in [3.05, 3.63) is 34.9 Å². The Balaban J connectivity index is 2.73. The zero-order chi connectivity index (χ0) is 12.8. The lowest BCUT2D eigenvalue weighted by molar-refractivity contribution is -0.117. The predicted octanol–water partition coefficient (Wildman–Crippen LogP) is -0.336. The van der Waals surface area contributed by atoms with Gasteiger partial charge in [0.1, 0.15) is 0 Å². The van der Waals surface area contributed by atoms with Crippen LogP contribution in [0.3, 0.4) is 0 Å². The molecule has 6 nitrogen and oxygen atoms in total. The minimum absolute atomic E-state index is 0.0738. The summed E-state index contributed by atoms with van der Waals surface area (Å²) in [5.41, 5.74) is 13.2. The normalized spacial score (nSPS) is 11.5. The van der Waals surface area contributed by atoms with Crippen molar-refractivity contribution in [1.82, 2.24) is 5.32 Å². The molecule has 0 saturated heterocycles. The molecular formula is C11H16N4O2. The fourth-order valence-corrected chi connectivity index (χ4v) is 1.43. The van der Waals surface area contributed by atoms with E-state index < -0.39 is 5.91 Å². The van der Waals surface area contributed by atoms with Gasteiger partial charge in [-0.2, -0.15) is 0 Å². The number of nitrogens with two attached hydrogens (primary N) is 2. The second-order valence-corrected chi connectivity index (χ2v) is 3.70. The molecule has 0 fully saturated rings. The highest BCUT2D eigenvalue weighted by Gasteiger charge is 2.03. The van der Waals surface area contributed by atoms with Crippen molar-refractivity contribution in [2.45, 2.75) is 13.5 Å². The Bertz CT molecular complexity index is 443. The first-order chi connectivity index (χ1) is 8.04. The van der Waals surface area contributed by atoms with Crippen molar-refractivity contribution in [2.75, 3.05) is 6.54 Å². The molecule has 1 amide bonds. The molecule has 0 heterocycles. The summed E-state index contributed by atoms with van der Waals surface area (Å²) in [7, 11) is 0. The van der Waals surface area contributed by atoms with Crippen LogP contribution >= 0.6 is 0 Å². The van der Waals surface area contributed by atoms with Crippen LogP contribution in [0.25, 0.3) is 0 Å². The van der Waals surface area contributed by atoms with Crippen molar-refractivity contribution in [3.8, 4) is 0 Å². The number of benzene rings is 1. The van der Waals surface area contributed by atoms with Gasteiger partial charge in [0, 0.05) is 12.1 Å². The maximum absolute atomic E-state index is 10.6. The molecule has 0 atom stereocenters. The lowest BCUT2D eigenvalue weighted by atomic mass is 10.0. The van der Waals surface area contributed by atoms with Crippen molar-refractivity contribution < 1.29 is 10.0 Å². The Labute approximate surface area is 99.3 Å². The molecule has 0 bridgehead atoms. The summed E-state index contributed by atoms with van der Waals surface area (Å²) in [6.45, 7) is 2.60. The largest absolute Gasteiger partial charge is 0.409 e. The number of carbonyl (C=O) groups excluding carboxylic acids is 1. The van der Waals surface area contributed by atoms with Crippen LogP contribution in [0.15, 0.2) is 23.4 Å². The van der Waals surface area contributed by atoms with E-state index in [1.165, 1.54) is 0 Å². The van der Waals surface area contributed by atoms with E-state index in [4.69, 9.17) is 16.7 Å². The zero-order valence-electron chi connectivity index (χ0n) is 9.60. The smallest absolute Gasteiger partial charge is 0.231 e. The van der Waals surface area contributed by atoms with Crippen molar-refractivity contribution in [2.24, 2.45) is 16.6 Å². The number of amides is 1. The van der Waals surface area contributed by atoms with E-state index >= 15 is 0 Å². The quantitative estimate of drug-likeness (QED) is 0.242. The average molecular weight is 236 g/mol. The summed E-state index contributed by atoms with van der Waals surface area (Å²) >= 11 is 0. The number of nitrogens with one attached hydrogen (secondary N) is 1. The van der Waals surface area contributed by atoms with Crippen LogP contribution in [0, 0.1) is 6.92 Å². The second-order valence-electron chi connectivity index (χ2n) is 3.70. The molecule has 0 spiro atoms. The molecule has 17 heavy (non-hydrogen) atoms. The molecule has 92 valence electrons. The molecule has 0 aromatic heterocycles. The Kier molecular flexibility index (Phi) is 4.47. The lowest BCUT2D eigenvalue weighted by Gasteiger charge is -2.08. The topological polar surface area (TPSA) is 114 Å². The van der Waals surface area contributed by atoms with Gasteiger partial charge in [0.15, 0.2) is 5.84 Å². The Morgan fingerprint density at radius 1 is 1.47 bits per heavy atom. The van der Waals surface area contributed by atoms with Gasteiger partial charge in [0.05, 0.1) is 6.54 Å². The molecule has 0 aliphatic rings. The molecule has 1 aromatic carbocycles. The molecule has 6 heteroatoms. The third-order valence-corrected chi connectivity index (χ3v) is 2.36.